The summed E-state index contributed by atoms with van der Waals surface area (Å²) in [5.41, 5.74) is 26.2. The average molecular weight is 1210 g/mol. The SMILES string of the molecule is C=CC1=CCC(C)(C2(c3ccccc3)c3ccccc3C3(C)C=CC(N(c4ccc(-c5ccccc5)cc4)c4ccc(-c5ccc(N(c6ccc(-c7ccccc7)cc6)c6ccc7c(c6)C(C6=CCCC=C6)(c6ccc(C=C)cc6)c6ccccc6-7)cc5)cc4)=CC32)C=C1. The molecular formula is C92H74N2. The molecule has 0 saturated heterocycles. The van der Waals surface area contributed by atoms with Crippen LogP contribution in [0.2, 0.25) is 0 Å². The Kier molecular flexibility index (Phi) is 14.6. The number of hydrogen-bond acceptors (Lipinski definition) is 2. The first kappa shape index (κ1) is 58.1. The highest BCUT2D eigenvalue weighted by atomic mass is 15.2. The smallest absolute Gasteiger partial charge is 0.0711 e. The minimum absolute atomic E-state index is 0.0512. The van der Waals surface area contributed by atoms with Gasteiger partial charge in [-0.15, -0.1) is 0 Å². The molecule has 0 heterocycles. The monoisotopic (exact) mass is 1210 g/mol. The highest BCUT2D eigenvalue weighted by molar-refractivity contribution is 5.91. The summed E-state index contributed by atoms with van der Waals surface area (Å²) in [6.07, 6.45) is 28.8. The van der Waals surface area contributed by atoms with E-state index in [4.69, 9.17) is 0 Å². The number of fused-ring (bicyclic) bond motifs is 6. The third-order valence-corrected chi connectivity index (χ3v) is 21.4. The topological polar surface area (TPSA) is 6.48 Å². The fourth-order valence-electron chi connectivity index (χ4n) is 16.7. The number of allylic oxidation sites excluding steroid dienone is 12. The second-order valence-corrected chi connectivity index (χ2v) is 26.3. The molecule has 0 amide bonds. The van der Waals surface area contributed by atoms with Gasteiger partial charge in [0.2, 0.25) is 0 Å². The van der Waals surface area contributed by atoms with E-state index in [0.29, 0.717) is 0 Å². The van der Waals surface area contributed by atoms with Crippen molar-refractivity contribution in [2.24, 2.45) is 11.3 Å². The molecule has 0 spiro atoms. The summed E-state index contributed by atoms with van der Waals surface area (Å²) >= 11 is 0. The minimum atomic E-state index is -0.531. The Labute approximate surface area is 554 Å². The molecule has 0 N–H and O–H groups in total. The number of benzene rings is 11. The molecule has 5 unspecified atom stereocenters. The van der Waals surface area contributed by atoms with E-state index in [1.54, 1.807) is 0 Å². The van der Waals surface area contributed by atoms with Crippen molar-refractivity contribution in [2.75, 3.05) is 9.80 Å². The van der Waals surface area contributed by atoms with E-state index in [0.717, 1.165) is 70.1 Å². The molecule has 0 aliphatic heterocycles. The molecule has 0 bridgehead atoms. The van der Waals surface area contributed by atoms with Crippen LogP contribution in [0.3, 0.4) is 0 Å². The lowest BCUT2D eigenvalue weighted by Gasteiger charge is -2.53. The molecule has 0 saturated carbocycles. The maximum atomic E-state index is 4.18. The molecule has 5 atom stereocenters. The Hall–Kier alpha value is -11.1. The zero-order chi connectivity index (χ0) is 63.4. The van der Waals surface area contributed by atoms with Gasteiger partial charge in [0.15, 0.2) is 0 Å². The van der Waals surface area contributed by atoms with Crippen molar-refractivity contribution in [1.29, 1.82) is 0 Å². The van der Waals surface area contributed by atoms with Gasteiger partial charge in [0.25, 0.3) is 0 Å². The summed E-state index contributed by atoms with van der Waals surface area (Å²) in [7, 11) is 0. The van der Waals surface area contributed by atoms with E-state index in [1.807, 2.05) is 12.2 Å². The highest BCUT2D eigenvalue weighted by Gasteiger charge is 2.64. The summed E-state index contributed by atoms with van der Waals surface area (Å²) in [5, 5.41) is 0. The van der Waals surface area contributed by atoms with Gasteiger partial charge >= 0.3 is 0 Å². The Bertz CT molecular complexity index is 4890. The summed E-state index contributed by atoms with van der Waals surface area (Å²) in [6, 6.07) is 104. The molecule has 5 aliphatic rings. The van der Waals surface area contributed by atoms with E-state index < -0.39 is 10.8 Å². The average Bonchev–Trinajstić information content (AvgIpc) is 1.50. The number of anilines is 5. The minimum Gasteiger partial charge on any atom is -0.311 e. The molecule has 0 radical (unpaired) electrons. The van der Waals surface area contributed by atoms with E-state index in [-0.39, 0.29) is 16.7 Å². The van der Waals surface area contributed by atoms with Crippen molar-refractivity contribution < 1.29 is 0 Å². The molecule has 11 aromatic carbocycles. The molecular weight excluding hydrogens is 1130 g/mol. The largest absolute Gasteiger partial charge is 0.311 e. The van der Waals surface area contributed by atoms with Crippen LogP contribution in [0.5, 0.6) is 0 Å². The third kappa shape index (κ3) is 9.37. The van der Waals surface area contributed by atoms with Crippen molar-refractivity contribution in [2.45, 2.75) is 49.4 Å². The van der Waals surface area contributed by atoms with Gasteiger partial charge in [-0.05, 0) is 181 Å². The van der Waals surface area contributed by atoms with Crippen LogP contribution in [0.25, 0.3) is 50.6 Å². The standard InChI is InChI=1S/C92H74N2/c1-5-65-35-45-74(46-36-65)91(73-27-15-9-16-28-73)84-32-20-19-31-82(84)83-56-55-80(63-87(83)91)93(76-47-37-69(38-48-76)67-23-11-7-12-24-67)77-51-41-71(42-52-77)72-43-53-79(54-44-72)94(78-49-39-70(40-50-78)68-25-13-8-14-26-68)81-59-62-90(4)85-33-21-22-34-86(85)92(88(90)64-81,75-29-17-10-18-30-75)89(3)60-57-66(6-2)58-61-89/h5-8,10-15,17-60,62-64,88H,1-2,9,16,61H2,3-4H3. The number of rotatable bonds is 15. The molecule has 16 rings (SSSR count). The van der Waals surface area contributed by atoms with E-state index >= 15 is 0 Å². The summed E-state index contributed by atoms with van der Waals surface area (Å²) in [6.45, 7) is 13.3. The number of hydrogen-bond donors (Lipinski definition) is 0. The van der Waals surface area contributed by atoms with Crippen LogP contribution in [-0.4, -0.2) is 0 Å². The second kappa shape index (κ2) is 23.6. The van der Waals surface area contributed by atoms with Crippen LogP contribution in [0.1, 0.15) is 72.1 Å². The van der Waals surface area contributed by atoms with Gasteiger partial charge in [-0.25, -0.2) is 0 Å². The zero-order valence-corrected chi connectivity index (χ0v) is 53.4. The molecule has 0 fully saturated rings. The highest BCUT2D eigenvalue weighted by Crippen LogP contribution is 2.68. The van der Waals surface area contributed by atoms with E-state index in [1.165, 1.54) is 77.9 Å². The second-order valence-electron chi connectivity index (χ2n) is 26.3. The van der Waals surface area contributed by atoms with Crippen LogP contribution in [0, 0.1) is 11.3 Å². The summed E-state index contributed by atoms with van der Waals surface area (Å²) in [5.74, 6) is 0.0512. The van der Waals surface area contributed by atoms with Gasteiger partial charge < -0.3 is 9.80 Å². The Morgan fingerprint density at radius 3 is 1.43 bits per heavy atom. The van der Waals surface area contributed by atoms with Crippen LogP contribution >= 0.6 is 0 Å². The predicted molar refractivity (Wildman–Crippen MR) is 396 cm³/mol. The predicted octanol–water partition coefficient (Wildman–Crippen LogP) is 23.9. The molecule has 11 aromatic rings. The maximum absolute atomic E-state index is 4.18. The first-order valence-corrected chi connectivity index (χ1v) is 33.3. The molecule has 0 aromatic heterocycles. The molecule has 94 heavy (non-hydrogen) atoms. The van der Waals surface area contributed by atoms with Gasteiger partial charge in [-0.1, -0.05) is 306 Å². The molecule has 2 nitrogen and oxygen atoms in total. The van der Waals surface area contributed by atoms with E-state index in [9.17, 15) is 0 Å². The van der Waals surface area contributed by atoms with Crippen LogP contribution in [0.4, 0.5) is 28.4 Å². The Balaban J connectivity index is 0.803. The maximum Gasteiger partial charge on any atom is 0.0711 e. The normalized spacial score (nSPS) is 21.2. The lowest BCUT2D eigenvalue weighted by molar-refractivity contribution is 0.169. The van der Waals surface area contributed by atoms with Gasteiger partial charge in [-0.3, -0.25) is 0 Å². The van der Waals surface area contributed by atoms with Gasteiger partial charge in [-0.2, -0.15) is 0 Å². The number of nitrogens with zero attached hydrogens (tertiary/aromatic N) is 2. The first-order valence-electron chi connectivity index (χ1n) is 33.3. The first-order chi connectivity index (χ1) is 46.2. The van der Waals surface area contributed by atoms with Crippen molar-refractivity contribution in [1.82, 2.24) is 0 Å². The molecule has 2 heteroatoms. The molecule has 5 aliphatic carbocycles. The quantitative estimate of drug-likeness (QED) is 0.101. The lowest BCUT2D eigenvalue weighted by atomic mass is 9.49. The van der Waals surface area contributed by atoms with Gasteiger partial charge in [0.1, 0.15) is 0 Å². The van der Waals surface area contributed by atoms with Gasteiger partial charge in [0, 0.05) is 56.3 Å². The van der Waals surface area contributed by atoms with Crippen molar-refractivity contribution in [3.63, 3.8) is 0 Å². The van der Waals surface area contributed by atoms with E-state index in [2.05, 4.69) is 371 Å². The Morgan fingerprint density at radius 2 is 0.894 bits per heavy atom. The van der Waals surface area contributed by atoms with Crippen molar-refractivity contribution in [3.05, 3.63) is 409 Å². The van der Waals surface area contributed by atoms with Crippen LogP contribution in [0.15, 0.2) is 370 Å². The van der Waals surface area contributed by atoms with Crippen LogP contribution in [-0.2, 0) is 16.2 Å². The summed E-state index contributed by atoms with van der Waals surface area (Å²) < 4.78 is 0. The fraction of sp³-hybridized carbons (Fsp3) is 0.109. The summed E-state index contributed by atoms with van der Waals surface area (Å²) in [4.78, 5) is 4.92. The molecule has 452 valence electrons. The third-order valence-electron chi connectivity index (χ3n) is 21.4. The van der Waals surface area contributed by atoms with Gasteiger partial charge in [0.05, 0.1) is 5.41 Å². The zero-order valence-electron chi connectivity index (χ0n) is 53.4. The lowest BCUT2D eigenvalue weighted by Crippen LogP contribution is -2.50. The van der Waals surface area contributed by atoms with Crippen molar-refractivity contribution >= 4 is 34.5 Å². The van der Waals surface area contributed by atoms with Crippen molar-refractivity contribution in [3.8, 4) is 44.5 Å². The Morgan fingerprint density at radius 1 is 0.394 bits per heavy atom. The fourth-order valence-corrected chi connectivity index (χ4v) is 16.7. The van der Waals surface area contributed by atoms with Crippen LogP contribution < -0.4 is 9.80 Å².